The molecule has 0 aromatic carbocycles. The van der Waals surface area contributed by atoms with Crippen molar-refractivity contribution in [2.24, 2.45) is 0 Å². The third-order valence-electron chi connectivity index (χ3n) is 2.29. The number of nitrogens with one attached hydrogen (secondary N) is 2. The Bertz CT molecular complexity index is 370. The van der Waals surface area contributed by atoms with Gasteiger partial charge in [0.05, 0.1) is 0 Å². The van der Waals surface area contributed by atoms with Gasteiger partial charge < -0.3 is 10.3 Å². The van der Waals surface area contributed by atoms with Gasteiger partial charge in [0.15, 0.2) is 0 Å². The van der Waals surface area contributed by atoms with Crippen LogP contribution in [0.15, 0.2) is 4.79 Å². The molecule has 4 heteroatoms. The molecule has 0 radical (unpaired) electrons. The molecule has 4 nitrogen and oxygen atoms in total. The maximum Gasteiger partial charge on any atom is 0.347 e. The molecule has 0 saturated carbocycles. The largest absolute Gasteiger partial charge is 0.369 e. The quantitative estimate of drug-likeness (QED) is 0.702. The summed E-state index contributed by atoms with van der Waals surface area (Å²) in [4.78, 5) is 17.8. The van der Waals surface area contributed by atoms with Gasteiger partial charge in [-0.1, -0.05) is 13.3 Å². The normalized spacial score (nSPS) is 13.9. The van der Waals surface area contributed by atoms with Crippen molar-refractivity contribution in [3.05, 3.63) is 21.7 Å². The van der Waals surface area contributed by atoms with Crippen LogP contribution in [-0.4, -0.2) is 16.5 Å². The lowest BCUT2D eigenvalue weighted by Gasteiger charge is -2.04. The van der Waals surface area contributed by atoms with Crippen LogP contribution in [0.5, 0.6) is 0 Å². The van der Waals surface area contributed by atoms with E-state index in [-0.39, 0.29) is 5.69 Å². The summed E-state index contributed by atoms with van der Waals surface area (Å²) in [7, 11) is 0. The Hall–Kier alpha value is -1.32. The van der Waals surface area contributed by atoms with Crippen molar-refractivity contribution in [2.45, 2.75) is 26.2 Å². The zero-order chi connectivity index (χ0) is 9.26. The molecule has 1 aliphatic rings. The van der Waals surface area contributed by atoms with Gasteiger partial charge in [0.25, 0.3) is 0 Å². The fraction of sp³-hybridized carbons (Fsp3) is 0.556. The molecule has 0 atom stereocenters. The van der Waals surface area contributed by atoms with E-state index in [9.17, 15) is 4.79 Å². The van der Waals surface area contributed by atoms with Crippen LogP contribution in [0.1, 0.15) is 24.6 Å². The van der Waals surface area contributed by atoms with E-state index in [2.05, 4.69) is 22.2 Å². The number of aryl methyl sites for hydroxylation is 1. The Labute approximate surface area is 76.4 Å². The molecule has 2 heterocycles. The summed E-state index contributed by atoms with van der Waals surface area (Å²) in [6.07, 6.45) is 2.96. The van der Waals surface area contributed by atoms with Gasteiger partial charge in [-0.15, -0.1) is 0 Å². The highest BCUT2D eigenvalue weighted by molar-refractivity contribution is 5.50. The Morgan fingerprint density at radius 3 is 3.15 bits per heavy atom. The molecule has 1 aliphatic heterocycles. The molecular weight excluding hydrogens is 166 g/mol. The SMILES string of the molecule is CCCc1[nH]c(=O)nc2c1CCN2. The van der Waals surface area contributed by atoms with E-state index in [4.69, 9.17) is 0 Å². The van der Waals surface area contributed by atoms with Crippen molar-refractivity contribution in [1.29, 1.82) is 0 Å². The first-order valence-electron chi connectivity index (χ1n) is 4.67. The van der Waals surface area contributed by atoms with E-state index < -0.39 is 0 Å². The van der Waals surface area contributed by atoms with Gasteiger partial charge in [-0.2, -0.15) is 4.98 Å². The number of rotatable bonds is 2. The van der Waals surface area contributed by atoms with Crippen LogP contribution >= 0.6 is 0 Å². The second kappa shape index (κ2) is 3.20. The van der Waals surface area contributed by atoms with E-state index in [0.717, 1.165) is 37.3 Å². The molecule has 0 unspecified atom stereocenters. The molecular formula is C9H13N3O. The van der Waals surface area contributed by atoms with Crippen LogP contribution in [0.2, 0.25) is 0 Å². The molecule has 2 rings (SSSR count). The lowest BCUT2D eigenvalue weighted by Crippen LogP contribution is -2.15. The maximum absolute atomic E-state index is 11.1. The molecule has 70 valence electrons. The van der Waals surface area contributed by atoms with Gasteiger partial charge in [-0.25, -0.2) is 4.79 Å². The minimum Gasteiger partial charge on any atom is -0.369 e. The first-order chi connectivity index (χ1) is 6.31. The zero-order valence-electron chi connectivity index (χ0n) is 7.68. The molecule has 0 aliphatic carbocycles. The molecule has 2 N–H and O–H groups in total. The Morgan fingerprint density at radius 2 is 2.38 bits per heavy atom. The van der Waals surface area contributed by atoms with Crippen LogP contribution in [0.25, 0.3) is 0 Å². The Morgan fingerprint density at radius 1 is 1.54 bits per heavy atom. The highest BCUT2D eigenvalue weighted by Gasteiger charge is 2.16. The van der Waals surface area contributed by atoms with Gasteiger partial charge in [0, 0.05) is 17.8 Å². The third kappa shape index (κ3) is 1.43. The molecule has 0 amide bonds. The van der Waals surface area contributed by atoms with Crippen molar-refractivity contribution in [3.8, 4) is 0 Å². The monoisotopic (exact) mass is 179 g/mol. The number of H-pyrrole nitrogens is 1. The number of aromatic amines is 1. The molecule has 0 spiro atoms. The number of hydrogen-bond donors (Lipinski definition) is 2. The fourth-order valence-corrected chi connectivity index (χ4v) is 1.73. The standard InChI is InChI=1S/C9H13N3O/c1-2-3-7-6-4-5-10-8(6)12-9(13)11-7/h2-5H2,1H3,(H2,10,11,12,13). The van der Waals surface area contributed by atoms with Gasteiger partial charge >= 0.3 is 5.69 Å². The molecule has 0 saturated heterocycles. The summed E-state index contributed by atoms with van der Waals surface area (Å²) in [5.74, 6) is 0.784. The topological polar surface area (TPSA) is 57.8 Å². The average molecular weight is 179 g/mol. The number of nitrogens with zero attached hydrogens (tertiary/aromatic N) is 1. The van der Waals surface area contributed by atoms with Gasteiger partial charge in [-0.3, -0.25) is 0 Å². The van der Waals surface area contributed by atoms with Crippen LogP contribution in [-0.2, 0) is 12.8 Å². The van der Waals surface area contributed by atoms with Crippen molar-refractivity contribution in [3.63, 3.8) is 0 Å². The van der Waals surface area contributed by atoms with Gasteiger partial charge in [-0.05, 0) is 12.8 Å². The molecule has 1 aromatic heterocycles. The minimum atomic E-state index is -0.239. The van der Waals surface area contributed by atoms with E-state index in [1.54, 1.807) is 0 Å². The Balaban J connectivity index is 2.49. The summed E-state index contributed by atoms with van der Waals surface area (Å²) in [6, 6.07) is 0. The number of fused-ring (bicyclic) bond motifs is 1. The predicted octanol–water partition coefficient (Wildman–Crippen LogP) is 0.690. The molecule has 0 bridgehead atoms. The summed E-state index contributed by atoms with van der Waals surface area (Å²) < 4.78 is 0. The second-order valence-corrected chi connectivity index (χ2v) is 3.27. The van der Waals surface area contributed by atoms with E-state index in [1.165, 1.54) is 5.56 Å². The first kappa shape index (κ1) is 8.29. The van der Waals surface area contributed by atoms with Crippen LogP contribution in [0.3, 0.4) is 0 Å². The predicted molar refractivity (Wildman–Crippen MR) is 51.0 cm³/mol. The zero-order valence-corrected chi connectivity index (χ0v) is 7.68. The summed E-state index contributed by atoms with van der Waals surface area (Å²) in [5, 5.41) is 3.11. The molecule has 13 heavy (non-hydrogen) atoms. The first-order valence-corrected chi connectivity index (χ1v) is 4.67. The number of anilines is 1. The number of hydrogen-bond acceptors (Lipinski definition) is 3. The highest BCUT2D eigenvalue weighted by Crippen LogP contribution is 2.20. The Kier molecular flexibility index (Phi) is 2.04. The smallest absolute Gasteiger partial charge is 0.347 e. The maximum atomic E-state index is 11.1. The van der Waals surface area contributed by atoms with Gasteiger partial charge in [0.1, 0.15) is 5.82 Å². The van der Waals surface area contributed by atoms with E-state index in [0.29, 0.717) is 0 Å². The van der Waals surface area contributed by atoms with E-state index >= 15 is 0 Å². The fourth-order valence-electron chi connectivity index (χ4n) is 1.73. The average Bonchev–Trinajstić information content (AvgIpc) is 2.52. The summed E-state index contributed by atoms with van der Waals surface area (Å²) in [5.41, 5.74) is 2.01. The minimum absolute atomic E-state index is 0.239. The highest BCUT2D eigenvalue weighted by atomic mass is 16.1. The van der Waals surface area contributed by atoms with Crippen LogP contribution in [0, 0.1) is 0 Å². The summed E-state index contributed by atoms with van der Waals surface area (Å²) in [6.45, 7) is 3.00. The van der Waals surface area contributed by atoms with Gasteiger partial charge in [0.2, 0.25) is 0 Å². The summed E-state index contributed by atoms with van der Waals surface area (Å²) >= 11 is 0. The van der Waals surface area contributed by atoms with Crippen molar-refractivity contribution in [1.82, 2.24) is 9.97 Å². The van der Waals surface area contributed by atoms with Crippen molar-refractivity contribution >= 4 is 5.82 Å². The molecule has 0 fully saturated rings. The second-order valence-electron chi connectivity index (χ2n) is 3.27. The van der Waals surface area contributed by atoms with Crippen molar-refractivity contribution < 1.29 is 0 Å². The lowest BCUT2D eigenvalue weighted by molar-refractivity contribution is 0.842. The third-order valence-corrected chi connectivity index (χ3v) is 2.29. The van der Waals surface area contributed by atoms with Crippen LogP contribution < -0.4 is 11.0 Å². The number of aromatic nitrogens is 2. The molecule has 1 aromatic rings. The van der Waals surface area contributed by atoms with E-state index in [1.807, 2.05) is 0 Å². The van der Waals surface area contributed by atoms with Crippen LogP contribution in [0.4, 0.5) is 5.82 Å². The van der Waals surface area contributed by atoms with Crippen molar-refractivity contribution in [2.75, 3.05) is 11.9 Å². The lowest BCUT2D eigenvalue weighted by atomic mass is 10.1.